The Kier molecular flexibility index (Phi) is 5.35. The van der Waals surface area contributed by atoms with E-state index in [0.717, 1.165) is 44.0 Å². The van der Waals surface area contributed by atoms with Crippen molar-refractivity contribution in [1.82, 2.24) is 4.90 Å². The van der Waals surface area contributed by atoms with E-state index >= 15 is 0 Å². The summed E-state index contributed by atoms with van der Waals surface area (Å²) < 4.78 is 0. The predicted octanol–water partition coefficient (Wildman–Crippen LogP) is 3.82. The molecule has 0 radical (unpaired) electrons. The Hall–Kier alpha value is -0.240. The molecule has 0 spiro atoms. The topological polar surface area (TPSA) is 20.3 Å². The van der Waals surface area contributed by atoms with E-state index in [4.69, 9.17) is 11.6 Å². The number of likely N-dealkylation sites (tertiary alicyclic amines) is 1. The van der Waals surface area contributed by atoms with E-state index in [1.165, 1.54) is 25.7 Å². The van der Waals surface area contributed by atoms with Gasteiger partial charge < -0.3 is 4.90 Å². The number of hydrogen-bond donors (Lipinski definition) is 0. The van der Waals surface area contributed by atoms with E-state index in [9.17, 15) is 4.79 Å². The van der Waals surface area contributed by atoms with E-state index in [0.29, 0.717) is 17.9 Å². The Morgan fingerprint density at radius 3 is 2.61 bits per heavy atom. The van der Waals surface area contributed by atoms with Gasteiger partial charge in [-0.15, -0.1) is 11.6 Å². The minimum absolute atomic E-state index is 0.317. The molecule has 2 aliphatic rings. The van der Waals surface area contributed by atoms with Gasteiger partial charge in [0.2, 0.25) is 5.91 Å². The number of alkyl halides is 1. The lowest BCUT2D eigenvalue weighted by molar-refractivity contribution is -0.137. The number of nitrogens with zero attached hydrogens (tertiary/aromatic N) is 1. The Labute approximate surface area is 116 Å². The fourth-order valence-electron chi connectivity index (χ4n) is 3.48. The lowest BCUT2D eigenvalue weighted by atomic mass is 9.82. The Morgan fingerprint density at radius 1 is 1.22 bits per heavy atom. The van der Waals surface area contributed by atoms with Crippen LogP contribution in [0.5, 0.6) is 0 Å². The largest absolute Gasteiger partial charge is 0.339 e. The molecule has 1 atom stereocenters. The Balaban J connectivity index is 1.87. The van der Waals surface area contributed by atoms with Gasteiger partial charge in [0.15, 0.2) is 0 Å². The number of halogens is 1. The highest BCUT2D eigenvalue weighted by Crippen LogP contribution is 2.32. The molecule has 0 N–H and O–H groups in total. The molecule has 18 heavy (non-hydrogen) atoms. The third-order valence-electron chi connectivity index (χ3n) is 4.70. The minimum Gasteiger partial charge on any atom is -0.339 e. The van der Waals surface area contributed by atoms with Gasteiger partial charge in [-0.25, -0.2) is 0 Å². The summed E-state index contributed by atoms with van der Waals surface area (Å²) in [6, 6.07) is 0.482. The van der Waals surface area contributed by atoms with Crippen molar-refractivity contribution in [2.45, 2.75) is 64.3 Å². The van der Waals surface area contributed by atoms with Gasteiger partial charge in [0, 0.05) is 24.4 Å². The van der Waals surface area contributed by atoms with Crippen LogP contribution in [-0.4, -0.2) is 29.3 Å². The number of amides is 1. The van der Waals surface area contributed by atoms with Crippen LogP contribution >= 0.6 is 11.6 Å². The molecule has 0 bridgehead atoms. The van der Waals surface area contributed by atoms with Gasteiger partial charge in [-0.2, -0.15) is 0 Å². The molecule has 2 rings (SSSR count). The lowest BCUT2D eigenvalue weighted by Crippen LogP contribution is -2.40. The third kappa shape index (κ3) is 3.40. The maximum Gasteiger partial charge on any atom is 0.225 e. The average Bonchev–Trinajstić information content (AvgIpc) is 2.84. The molecule has 0 aromatic carbocycles. The van der Waals surface area contributed by atoms with Crippen molar-refractivity contribution in [1.29, 1.82) is 0 Å². The van der Waals surface area contributed by atoms with Gasteiger partial charge in [0.25, 0.3) is 0 Å². The zero-order valence-electron chi connectivity index (χ0n) is 11.5. The maximum atomic E-state index is 12.6. The molecule has 0 aromatic heterocycles. The second-order valence-corrected chi connectivity index (χ2v) is 6.49. The Morgan fingerprint density at radius 2 is 1.94 bits per heavy atom. The van der Waals surface area contributed by atoms with Crippen LogP contribution in [0, 0.1) is 11.8 Å². The SMILES string of the molecule is CC1CCC(C(=O)N2CCCC2CCCCl)CC1. The average molecular weight is 272 g/mol. The predicted molar refractivity (Wildman–Crippen MR) is 75.8 cm³/mol. The van der Waals surface area contributed by atoms with E-state index < -0.39 is 0 Å². The molecule has 3 heteroatoms. The monoisotopic (exact) mass is 271 g/mol. The molecule has 1 aliphatic carbocycles. The molecule has 104 valence electrons. The highest BCUT2D eigenvalue weighted by atomic mass is 35.5. The number of carbonyl (C=O) groups excluding carboxylic acids is 1. The van der Waals surface area contributed by atoms with E-state index in [-0.39, 0.29) is 0 Å². The third-order valence-corrected chi connectivity index (χ3v) is 4.96. The molecular formula is C15H26ClNO. The normalized spacial score (nSPS) is 32.8. The molecule has 0 aromatic rings. The van der Waals surface area contributed by atoms with Crippen LogP contribution in [0.2, 0.25) is 0 Å². The molecule has 1 unspecified atom stereocenters. The van der Waals surface area contributed by atoms with Crippen LogP contribution < -0.4 is 0 Å². The quantitative estimate of drug-likeness (QED) is 0.712. The fourth-order valence-corrected chi connectivity index (χ4v) is 3.63. The van der Waals surface area contributed by atoms with E-state index in [1.54, 1.807) is 0 Å². The Bertz CT molecular complexity index is 274. The van der Waals surface area contributed by atoms with Gasteiger partial charge in [0.1, 0.15) is 0 Å². The summed E-state index contributed by atoms with van der Waals surface area (Å²) in [5.41, 5.74) is 0. The number of rotatable bonds is 4. The lowest BCUT2D eigenvalue weighted by Gasteiger charge is -2.32. The first-order valence-corrected chi connectivity index (χ1v) is 8.12. The van der Waals surface area contributed by atoms with Crippen molar-refractivity contribution < 1.29 is 4.79 Å². The first kappa shape index (κ1) is 14.2. The highest BCUT2D eigenvalue weighted by Gasteiger charge is 2.33. The van der Waals surface area contributed by atoms with Crippen LogP contribution in [-0.2, 0) is 4.79 Å². The van der Waals surface area contributed by atoms with Crippen LogP contribution in [0.4, 0.5) is 0 Å². The fraction of sp³-hybridized carbons (Fsp3) is 0.933. The van der Waals surface area contributed by atoms with Crippen molar-refractivity contribution in [2.75, 3.05) is 12.4 Å². The zero-order chi connectivity index (χ0) is 13.0. The molecule has 2 fully saturated rings. The first-order valence-electron chi connectivity index (χ1n) is 7.58. The minimum atomic E-state index is 0.317. The van der Waals surface area contributed by atoms with Crippen molar-refractivity contribution in [2.24, 2.45) is 11.8 Å². The molecule has 2 nitrogen and oxygen atoms in total. The molecule has 1 aliphatic heterocycles. The first-order chi connectivity index (χ1) is 8.72. The van der Waals surface area contributed by atoms with Crippen LogP contribution in [0.1, 0.15) is 58.3 Å². The van der Waals surface area contributed by atoms with E-state index in [2.05, 4.69) is 11.8 Å². The molecule has 1 amide bonds. The second kappa shape index (κ2) is 6.79. The summed E-state index contributed by atoms with van der Waals surface area (Å²) in [5, 5.41) is 0. The van der Waals surface area contributed by atoms with Crippen LogP contribution in [0.25, 0.3) is 0 Å². The van der Waals surface area contributed by atoms with Crippen LogP contribution in [0.3, 0.4) is 0 Å². The standard InChI is InChI=1S/C15H26ClNO/c1-12-6-8-13(9-7-12)15(18)17-11-3-5-14(17)4-2-10-16/h12-14H,2-11H2,1H3. The highest BCUT2D eigenvalue weighted by molar-refractivity contribution is 6.17. The van der Waals surface area contributed by atoms with Crippen molar-refractivity contribution in [3.63, 3.8) is 0 Å². The molecule has 1 heterocycles. The maximum absolute atomic E-state index is 12.6. The molecule has 1 saturated heterocycles. The summed E-state index contributed by atoms with van der Waals surface area (Å²) >= 11 is 5.77. The summed E-state index contributed by atoms with van der Waals surface area (Å²) in [5.74, 6) is 2.30. The van der Waals surface area contributed by atoms with Crippen molar-refractivity contribution in [3.8, 4) is 0 Å². The molecular weight excluding hydrogens is 246 g/mol. The van der Waals surface area contributed by atoms with Gasteiger partial charge in [-0.05, 0) is 57.3 Å². The second-order valence-electron chi connectivity index (χ2n) is 6.12. The van der Waals surface area contributed by atoms with E-state index in [1.807, 2.05) is 0 Å². The number of carbonyl (C=O) groups is 1. The van der Waals surface area contributed by atoms with Crippen molar-refractivity contribution in [3.05, 3.63) is 0 Å². The van der Waals surface area contributed by atoms with Gasteiger partial charge in [-0.1, -0.05) is 6.92 Å². The van der Waals surface area contributed by atoms with Crippen molar-refractivity contribution >= 4 is 17.5 Å². The molecule has 1 saturated carbocycles. The van der Waals surface area contributed by atoms with Crippen LogP contribution in [0.15, 0.2) is 0 Å². The number of hydrogen-bond acceptors (Lipinski definition) is 1. The summed E-state index contributed by atoms with van der Waals surface area (Å²) in [6.07, 6.45) is 9.19. The zero-order valence-corrected chi connectivity index (χ0v) is 12.3. The van der Waals surface area contributed by atoms with Gasteiger partial charge in [-0.3, -0.25) is 4.79 Å². The van der Waals surface area contributed by atoms with Gasteiger partial charge >= 0.3 is 0 Å². The summed E-state index contributed by atoms with van der Waals surface area (Å²) in [7, 11) is 0. The summed E-state index contributed by atoms with van der Waals surface area (Å²) in [4.78, 5) is 14.7. The summed E-state index contributed by atoms with van der Waals surface area (Å²) in [6.45, 7) is 3.29. The smallest absolute Gasteiger partial charge is 0.225 e. The van der Waals surface area contributed by atoms with Gasteiger partial charge in [0.05, 0.1) is 0 Å².